The lowest BCUT2D eigenvalue weighted by molar-refractivity contribution is 0.574. The third-order valence-electron chi connectivity index (χ3n) is 3.16. The first kappa shape index (κ1) is 13.2. The van der Waals surface area contributed by atoms with Crippen molar-refractivity contribution in [1.29, 1.82) is 0 Å². The first-order chi connectivity index (χ1) is 8.70. The lowest BCUT2D eigenvalue weighted by Gasteiger charge is -2.15. The zero-order valence-electron chi connectivity index (χ0n) is 10.9. The number of aryl methyl sites for hydroxylation is 1. The fourth-order valence-electron chi connectivity index (χ4n) is 2.00. The van der Waals surface area contributed by atoms with Gasteiger partial charge in [0.05, 0.1) is 0 Å². The van der Waals surface area contributed by atoms with E-state index in [-0.39, 0.29) is 6.04 Å². The molecule has 96 valence electrons. The lowest BCUT2D eigenvalue weighted by Crippen LogP contribution is -2.18. The molecule has 1 N–H and O–H groups in total. The van der Waals surface area contributed by atoms with Gasteiger partial charge in [-0.05, 0) is 37.1 Å². The number of benzene rings is 1. The van der Waals surface area contributed by atoms with Crippen LogP contribution >= 0.6 is 11.6 Å². The molecular formula is C15H19ClN2. The van der Waals surface area contributed by atoms with Crippen LogP contribution in [0.15, 0.2) is 42.7 Å². The summed E-state index contributed by atoms with van der Waals surface area (Å²) in [6.45, 7) is 6.15. The molecular weight excluding hydrogens is 244 g/mol. The molecule has 0 aliphatic carbocycles. The average Bonchev–Trinajstić information content (AvgIpc) is 2.84. The van der Waals surface area contributed by atoms with Crippen molar-refractivity contribution >= 4 is 11.6 Å². The quantitative estimate of drug-likeness (QED) is 0.861. The molecule has 0 aliphatic heterocycles. The van der Waals surface area contributed by atoms with Gasteiger partial charge in [-0.15, -0.1) is 0 Å². The zero-order chi connectivity index (χ0) is 13.0. The van der Waals surface area contributed by atoms with Gasteiger partial charge < -0.3 is 9.88 Å². The van der Waals surface area contributed by atoms with E-state index in [2.05, 4.69) is 48.3 Å². The smallest absolute Gasteiger partial charge is 0.0453 e. The summed E-state index contributed by atoms with van der Waals surface area (Å²) in [5.74, 6) is 0. The fraction of sp³-hybridized carbons (Fsp3) is 0.333. The molecule has 2 aromatic rings. The molecule has 0 fully saturated rings. The molecule has 0 saturated carbocycles. The largest absolute Gasteiger partial charge is 0.354 e. The van der Waals surface area contributed by atoms with E-state index in [1.807, 2.05) is 18.2 Å². The number of hydrogen-bond donors (Lipinski definition) is 1. The molecule has 18 heavy (non-hydrogen) atoms. The van der Waals surface area contributed by atoms with Crippen molar-refractivity contribution in [2.45, 2.75) is 33.0 Å². The van der Waals surface area contributed by atoms with Crippen molar-refractivity contribution in [3.8, 4) is 0 Å². The van der Waals surface area contributed by atoms with Crippen molar-refractivity contribution in [3.63, 3.8) is 0 Å². The summed E-state index contributed by atoms with van der Waals surface area (Å²) in [6, 6.07) is 10.4. The summed E-state index contributed by atoms with van der Waals surface area (Å²) in [4.78, 5) is 0. The highest BCUT2D eigenvalue weighted by Crippen LogP contribution is 2.22. The molecule has 3 heteroatoms. The predicted octanol–water partition coefficient (Wildman–Crippen LogP) is 4.01. The van der Waals surface area contributed by atoms with Crippen LogP contribution in [0.3, 0.4) is 0 Å². The third-order valence-corrected chi connectivity index (χ3v) is 3.51. The van der Waals surface area contributed by atoms with Gasteiger partial charge in [0.25, 0.3) is 0 Å². The highest BCUT2D eigenvalue weighted by atomic mass is 35.5. The molecule has 0 amide bonds. The molecule has 2 rings (SSSR count). The van der Waals surface area contributed by atoms with Crippen LogP contribution in [0.25, 0.3) is 0 Å². The van der Waals surface area contributed by atoms with Gasteiger partial charge in [0, 0.05) is 36.5 Å². The monoisotopic (exact) mass is 262 g/mol. The molecule has 0 spiro atoms. The Kier molecular flexibility index (Phi) is 4.45. The molecule has 1 atom stereocenters. The summed E-state index contributed by atoms with van der Waals surface area (Å²) in [5, 5.41) is 4.32. The summed E-state index contributed by atoms with van der Waals surface area (Å²) in [6.07, 6.45) is 4.28. The molecule has 0 saturated heterocycles. The van der Waals surface area contributed by atoms with E-state index in [1.54, 1.807) is 0 Å². The van der Waals surface area contributed by atoms with Gasteiger partial charge in [-0.25, -0.2) is 0 Å². The average molecular weight is 263 g/mol. The second-order valence-corrected chi connectivity index (χ2v) is 4.88. The van der Waals surface area contributed by atoms with Gasteiger partial charge in [-0.1, -0.05) is 29.8 Å². The highest BCUT2D eigenvalue weighted by molar-refractivity contribution is 6.31. The first-order valence-electron chi connectivity index (χ1n) is 6.33. The van der Waals surface area contributed by atoms with E-state index in [0.29, 0.717) is 0 Å². The van der Waals surface area contributed by atoms with Crippen LogP contribution in [-0.2, 0) is 13.1 Å². The molecule has 0 radical (unpaired) electrons. The van der Waals surface area contributed by atoms with Crippen LogP contribution < -0.4 is 5.32 Å². The van der Waals surface area contributed by atoms with E-state index in [4.69, 9.17) is 11.6 Å². The Hall–Kier alpha value is -1.25. The number of hydrogen-bond acceptors (Lipinski definition) is 1. The van der Waals surface area contributed by atoms with E-state index < -0.39 is 0 Å². The van der Waals surface area contributed by atoms with Crippen LogP contribution in [0, 0.1) is 0 Å². The second kappa shape index (κ2) is 6.07. The van der Waals surface area contributed by atoms with Crippen LogP contribution in [0.5, 0.6) is 0 Å². The minimum atomic E-state index is 0.253. The van der Waals surface area contributed by atoms with E-state index in [1.165, 1.54) is 5.56 Å². The second-order valence-electron chi connectivity index (χ2n) is 4.47. The Labute approximate surface area is 114 Å². The summed E-state index contributed by atoms with van der Waals surface area (Å²) in [5.41, 5.74) is 2.45. The minimum Gasteiger partial charge on any atom is -0.354 e. The van der Waals surface area contributed by atoms with Gasteiger partial charge in [0.2, 0.25) is 0 Å². The molecule has 0 bridgehead atoms. The zero-order valence-corrected chi connectivity index (χ0v) is 11.6. The summed E-state index contributed by atoms with van der Waals surface area (Å²) in [7, 11) is 0. The molecule has 0 aliphatic rings. The van der Waals surface area contributed by atoms with E-state index in [0.717, 1.165) is 23.7 Å². The normalized spacial score (nSPS) is 12.6. The summed E-state index contributed by atoms with van der Waals surface area (Å²) < 4.78 is 2.18. The Bertz CT molecular complexity index is 505. The number of halogens is 1. The number of nitrogens with zero attached hydrogens (tertiary/aromatic N) is 1. The molecule has 1 aromatic carbocycles. The van der Waals surface area contributed by atoms with Gasteiger partial charge in [-0.2, -0.15) is 0 Å². The van der Waals surface area contributed by atoms with Crippen LogP contribution in [0.1, 0.15) is 31.0 Å². The summed E-state index contributed by atoms with van der Waals surface area (Å²) >= 11 is 6.18. The van der Waals surface area contributed by atoms with Crippen LogP contribution in [0.4, 0.5) is 0 Å². The lowest BCUT2D eigenvalue weighted by atomic mass is 10.1. The van der Waals surface area contributed by atoms with Gasteiger partial charge >= 0.3 is 0 Å². The SMILES string of the molecule is CCn1ccc(CN[C@H](C)c2ccccc2Cl)c1. The fourth-order valence-corrected chi connectivity index (χ4v) is 2.30. The van der Waals surface area contributed by atoms with Crippen molar-refractivity contribution < 1.29 is 0 Å². The van der Waals surface area contributed by atoms with E-state index >= 15 is 0 Å². The third kappa shape index (κ3) is 3.15. The Morgan fingerprint density at radius 2 is 2.06 bits per heavy atom. The first-order valence-corrected chi connectivity index (χ1v) is 6.71. The molecule has 1 heterocycles. The predicted molar refractivity (Wildman–Crippen MR) is 76.8 cm³/mol. The standard InChI is InChI=1S/C15H19ClN2/c1-3-18-9-8-13(11-18)10-17-12(2)14-6-4-5-7-15(14)16/h4-9,11-12,17H,3,10H2,1-2H3/t12-/m1/s1. The number of nitrogens with one attached hydrogen (secondary N) is 1. The highest BCUT2D eigenvalue weighted by Gasteiger charge is 2.08. The maximum Gasteiger partial charge on any atom is 0.0453 e. The maximum atomic E-state index is 6.18. The number of aromatic nitrogens is 1. The Morgan fingerprint density at radius 3 is 2.72 bits per heavy atom. The van der Waals surface area contributed by atoms with Gasteiger partial charge in [-0.3, -0.25) is 0 Å². The van der Waals surface area contributed by atoms with Gasteiger partial charge in [0.15, 0.2) is 0 Å². The number of rotatable bonds is 5. The Balaban J connectivity index is 1.96. The molecule has 2 nitrogen and oxygen atoms in total. The minimum absolute atomic E-state index is 0.253. The van der Waals surface area contributed by atoms with Crippen molar-refractivity contribution in [2.75, 3.05) is 0 Å². The van der Waals surface area contributed by atoms with Crippen LogP contribution in [-0.4, -0.2) is 4.57 Å². The van der Waals surface area contributed by atoms with Crippen LogP contribution in [0.2, 0.25) is 5.02 Å². The molecule has 1 aromatic heterocycles. The van der Waals surface area contributed by atoms with E-state index in [9.17, 15) is 0 Å². The Morgan fingerprint density at radius 1 is 1.28 bits per heavy atom. The molecule has 0 unspecified atom stereocenters. The topological polar surface area (TPSA) is 17.0 Å². The van der Waals surface area contributed by atoms with Crippen molar-refractivity contribution in [1.82, 2.24) is 9.88 Å². The maximum absolute atomic E-state index is 6.18. The van der Waals surface area contributed by atoms with Crippen molar-refractivity contribution in [2.24, 2.45) is 0 Å². The van der Waals surface area contributed by atoms with Crippen molar-refractivity contribution in [3.05, 3.63) is 58.9 Å². The van der Waals surface area contributed by atoms with Gasteiger partial charge in [0.1, 0.15) is 0 Å².